The van der Waals surface area contributed by atoms with E-state index in [4.69, 9.17) is 0 Å². The van der Waals surface area contributed by atoms with Crippen molar-refractivity contribution in [2.45, 2.75) is 26.3 Å². The minimum absolute atomic E-state index is 0.534. The Morgan fingerprint density at radius 3 is 2.93 bits per heavy atom. The third-order valence-electron chi connectivity index (χ3n) is 2.17. The summed E-state index contributed by atoms with van der Waals surface area (Å²) >= 11 is 1.72. The van der Waals surface area contributed by atoms with E-state index in [1.54, 1.807) is 11.3 Å². The molecular formula is C10H19N3S. The summed E-state index contributed by atoms with van der Waals surface area (Å²) in [6.07, 6.45) is 1.03. The van der Waals surface area contributed by atoms with Gasteiger partial charge in [0.05, 0.1) is 10.7 Å². The van der Waals surface area contributed by atoms with Crippen LogP contribution in [0.25, 0.3) is 0 Å². The van der Waals surface area contributed by atoms with Crippen molar-refractivity contribution in [1.82, 2.24) is 15.6 Å². The lowest BCUT2D eigenvalue weighted by Crippen LogP contribution is -2.34. The maximum Gasteiger partial charge on any atom is 0.0897 e. The first-order valence-electron chi connectivity index (χ1n) is 5.01. The number of nitrogens with zero attached hydrogens (tertiary/aromatic N) is 1. The predicted octanol–water partition coefficient (Wildman–Crippen LogP) is 1.19. The van der Waals surface area contributed by atoms with Crippen LogP contribution in [0.4, 0.5) is 0 Å². The number of aromatic nitrogens is 1. The van der Waals surface area contributed by atoms with Gasteiger partial charge in [0.15, 0.2) is 0 Å². The second kappa shape index (κ2) is 6.11. The first-order chi connectivity index (χ1) is 6.72. The summed E-state index contributed by atoms with van der Waals surface area (Å²) in [7, 11) is 1.98. The monoisotopic (exact) mass is 213 g/mol. The maximum atomic E-state index is 4.41. The van der Waals surface area contributed by atoms with Crippen molar-refractivity contribution in [3.8, 4) is 0 Å². The summed E-state index contributed by atoms with van der Waals surface area (Å²) in [4.78, 5) is 4.41. The molecule has 0 aromatic carbocycles. The van der Waals surface area contributed by atoms with E-state index in [0.717, 1.165) is 24.5 Å². The van der Waals surface area contributed by atoms with Crippen LogP contribution in [-0.2, 0) is 6.42 Å². The smallest absolute Gasteiger partial charge is 0.0897 e. The highest BCUT2D eigenvalue weighted by Crippen LogP contribution is 2.07. The van der Waals surface area contributed by atoms with E-state index in [2.05, 4.69) is 27.9 Å². The van der Waals surface area contributed by atoms with Crippen LogP contribution in [0.3, 0.4) is 0 Å². The molecule has 0 radical (unpaired) electrons. The Kier molecular flexibility index (Phi) is 5.07. The molecule has 80 valence electrons. The van der Waals surface area contributed by atoms with Crippen molar-refractivity contribution in [1.29, 1.82) is 0 Å². The number of hydrogen-bond donors (Lipinski definition) is 2. The number of nitrogens with one attached hydrogen (secondary N) is 2. The van der Waals surface area contributed by atoms with Crippen LogP contribution in [0.2, 0.25) is 0 Å². The van der Waals surface area contributed by atoms with Crippen molar-refractivity contribution in [2.24, 2.45) is 0 Å². The van der Waals surface area contributed by atoms with Crippen LogP contribution in [0.1, 0.15) is 17.6 Å². The predicted molar refractivity (Wildman–Crippen MR) is 61.9 cm³/mol. The molecule has 0 spiro atoms. The van der Waals surface area contributed by atoms with Crippen LogP contribution >= 0.6 is 11.3 Å². The van der Waals surface area contributed by atoms with Gasteiger partial charge >= 0.3 is 0 Å². The Morgan fingerprint density at radius 1 is 1.57 bits per heavy atom. The van der Waals surface area contributed by atoms with Gasteiger partial charge in [-0.25, -0.2) is 4.98 Å². The van der Waals surface area contributed by atoms with Gasteiger partial charge in [0.1, 0.15) is 0 Å². The molecule has 0 saturated heterocycles. The average Bonchev–Trinajstić information content (AvgIpc) is 2.58. The zero-order chi connectivity index (χ0) is 10.4. The number of thiazole rings is 1. The summed E-state index contributed by atoms with van der Waals surface area (Å²) < 4.78 is 0. The van der Waals surface area contributed by atoms with Crippen molar-refractivity contribution < 1.29 is 0 Å². The fourth-order valence-electron chi connectivity index (χ4n) is 1.16. The number of hydrogen-bond acceptors (Lipinski definition) is 4. The molecule has 0 amide bonds. The molecule has 1 aromatic heterocycles. The number of rotatable bonds is 6. The van der Waals surface area contributed by atoms with Crippen LogP contribution < -0.4 is 10.6 Å². The molecule has 0 aliphatic heterocycles. The minimum atomic E-state index is 0.534. The van der Waals surface area contributed by atoms with E-state index in [1.807, 2.05) is 14.0 Å². The van der Waals surface area contributed by atoms with Gasteiger partial charge in [-0.2, -0.15) is 0 Å². The molecule has 1 unspecified atom stereocenters. The third-order valence-corrected chi connectivity index (χ3v) is 2.99. The highest BCUT2D eigenvalue weighted by atomic mass is 32.1. The topological polar surface area (TPSA) is 37.0 Å². The van der Waals surface area contributed by atoms with Gasteiger partial charge in [-0.3, -0.25) is 0 Å². The van der Waals surface area contributed by atoms with Crippen LogP contribution in [0.15, 0.2) is 5.38 Å². The molecule has 0 fully saturated rings. The van der Waals surface area contributed by atoms with Gasteiger partial charge in [-0.15, -0.1) is 11.3 Å². The van der Waals surface area contributed by atoms with Crippen molar-refractivity contribution in [2.75, 3.05) is 20.1 Å². The number of aryl methyl sites for hydroxylation is 1. The zero-order valence-electron chi connectivity index (χ0n) is 9.13. The molecule has 4 heteroatoms. The first-order valence-corrected chi connectivity index (χ1v) is 5.89. The number of likely N-dealkylation sites (N-methyl/N-ethyl adjacent to an activating group) is 1. The van der Waals surface area contributed by atoms with Gasteiger partial charge in [-0.05, 0) is 20.9 Å². The Bertz CT molecular complexity index is 260. The fraction of sp³-hybridized carbons (Fsp3) is 0.700. The Labute approximate surface area is 89.9 Å². The SMILES string of the molecule is CNC(C)CNCCc1csc(C)n1. The standard InChI is InChI=1S/C10H19N3S/c1-8(11-3)6-12-5-4-10-7-14-9(2)13-10/h7-8,11-12H,4-6H2,1-3H3. The van der Waals surface area contributed by atoms with Gasteiger partial charge in [0, 0.05) is 30.9 Å². The molecule has 1 atom stereocenters. The summed E-state index contributed by atoms with van der Waals surface area (Å²) in [5, 5.41) is 9.88. The first kappa shape index (κ1) is 11.6. The molecule has 1 rings (SSSR count). The molecule has 1 heterocycles. The lowest BCUT2D eigenvalue weighted by molar-refractivity contribution is 0.541. The molecule has 0 aliphatic carbocycles. The summed E-state index contributed by atoms with van der Waals surface area (Å²) in [5.74, 6) is 0. The molecule has 2 N–H and O–H groups in total. The molecule has 3 nitrogen and oxygen atoms in total. The van der Waals surface area contributed by atoms with Gasteiger partial charge in [-0.1, -0.05) is 0 Å². The van der Waals surface area contributed by atoms with Crippen molar-refractivity contribution in [3.63, 3.8) is 0 Å². The van der Waals surface area contributed by atoms with Gasteiger partial charge in [0.25, 0.3) is 0 Å². The second-order valence-corrected chi connectivity index (χ2v) is 4.56. The van der Waals surface area contributed by atoms with Crippen molar-refractivity contribution in [3.05, 3.63) is 16.1 Å². The van der Waals surface area contributed by atoms with E-state index in [0.29, 0.717) is 6.04 Å². The Balaban J connectivity index is 2.10. The van der Waals surface area contributed by atoms with Crippen molar-refractivity contribution >= 4 is 11.3 Å². The van der Waals surface area contributed by atoms with E-state index >= 15 is 0 Å². The lowest BCUT2D eigenvalue weighted by atomic mass is 10.3. The van der Waals surface area contributed by atoms with Gasteiger partial charge < -0.3 is 10.6 Å². The summed E-state index contributed by atoms with van der Waals surface area (Å²) in [5.41, 5.74) is 1.21. The molecule has 0 saturated carbocycles. The molecule has 0 bridgehead atoms. The minimum Gasteiger partial charge on any atom is -0.316 e. The Hall–Kier alpha value is -0.450. The van der Waals surface area contributed by atoms with E-state index in [-0.39, 0.29) is 0 Å². The zero-order valence-corrected chi connectivity index (χ0v) is 9.95. The highest BCUT2D eigenvalue weighted by Gasteiger charge is 1.99. The molecule has 14 heavy (non-hydrogen) atoms. The molecule has 1 aromatic rings. The second-order valence-electron chi connectivity index (χ2n) is 3.50. The fourth-order valence-corrected chi connectivity index (χ4v) is 1.81. The quantitative estimate of drug-likeness (QED) is 0.697. The summed E-state index contributed by atoms with van der Waals surface area (Å²) in [6, 6.07) is 0.534. The average molecular weight is 213 g/mol. The third kappa shape index (κ3) is 4.17. The largest absolute Gasteiger partial charge is 0.316 e. The van der Waals surface area contributed by atoms with Crippen LogP contribution in [-0.4, -0.2) is 31.2 Å². The normalized spacial score (nSPS) is 13.1. The van der Waals surface area contributed by atoms with Gasteiger partial charge in [0.2, 0.25) is 0 Å². The maximum absolute atomic E-state index is 4.41. The lowest BCUT2D eigenvalue weighted by Gasteiger charge is -2.10. The van der Waals surface area contributed by atoms with E-state index < -0.39 is 0 Å². The molecule has 0 aliphatic rings. The summed E-state index contributed by atoms with van der Waals surface area (Å²) in [6.45, 7) is 6.24. The van der Waals surface area contributed by atoms with Crippen LogP contribution in [0.5, 0.6) is 0 Å². The van der Waals surface area contributed by atoms with Crippen LogP contribution in [0, 0.1) is 6.92 Å². The van der Waals surface area contributed by atoms with E-state index in [1.165, 1.54) is 5.69 Å². The highest BCUT2D eigenvalue weighted by molar-refractivity contribution is 7.09. The van der Waals surface area contributed by atoms with E-state index in [9.17, 15) is 0 Å². The Morgan fingerprint density at radius 2 is 2.36 bits per heavy atom. The molecular weight excluding hydrogens is 194 g/mol.